The van der Waals surface area contributed by atoms with E-state index in [1.54, 1.807) is 36.5 Å². The van der Waals surface area contributed by atoms with E-state index < -0.39 is 5.82 Å². The van der Waals surface area contributed by atoms with Crippen molar-refractivity contribution >= 4 is 23.5 Å². The van der Waals surface area contributed by atoms with Gasteiger partial charge in [-0.25, -0.2) is 4.39 Å². The normalized spacial score (nSPS) is 11.0. The second kappa shape index (κ2) is 7.28. The molecular formula is C20H15ClFNO. The molecule has 0 N–H and O–H groups in total. The maximum atomic E-state index is 13.9. The summed E-state index contributed by atoms with van der Waals surface area (Å²) in [7, 11) is 0. The number of aryl methyl sites for hydroxylation is 1. The zero-order chi connectivity index (χ0) is 16.9. The number of hydrogen-bond donors (Lipinski definition) is 0. The summed E-state index contributed by atoms with van der Waals surface area (Å²) < 4.78 is 19.5. The first kappa shape index (κ1) is 16.2. The van der Waals surface area contributed by atoms with E-state index in [0.29, 0.717) is 10.8 Å². The Bertz CT molecular complexity index is 878. The van der Waals surface area contributed by atoms with Crippen LogP contribution >= 0.6 is 11.6 Å². The Morgan fingerprint density at radius 1 is 1.00 bits per heavy atom. The molecule has 0 aliphatic heterocycles. The standard InChI is InChI=1S/C20H15ClFNO/c1-14-11-16(21)8-10-19(14)23-13-15-7-9-18(22)20(12-15)24-17-5-3-2-4-6-17/h2-13H,1H3. The quantitative estimate of drug-likeness (QED) is 0.509. The van der Waals surface area contributed by atoms with E-state index in [0.717, 1.165) is 16.8 Å². The summed E-state index contributed by atoms with van der Waals surface area (Å²) >= 11 is 5.94. The molecule has 3 aromatic carbocycles. The van der Waals surface area contributed by atoms with Crippen molar-refractivity contribution in [2.45, 2.75) is 6.92 Å². The highest BCUT2D eigenvalue weighted by molar-refractivity contribution is 6.30. The topological polar surface area (TPSA) is 21.6 Å². The zero-order valence-corrected chi connectivity index (χ0v) is 13.8. The molecule has 3 aromatic rings. The van der Waals surface area contributed by atoms with Gasteiger partial charge in [-0.1, -0.05) is 35.9 Å². The van der Waals surface area contributed by atoms with Gasteiger partial charge < -0.3 is 4.74 Å². The molecule has 0 amide bonds. The molecule has 3 rings (SSSR count). The monoisotopic (exact) mass is 339 g/mol. The molecule has 0 aliphatic rings. The fourth-order valence-corrected chi connectivity index (χ4v) is 2.43. The van der Waals surface area contributed by atoms with Crippen LogP contribution in [-0.2, 0) is 0 Å². The number of nitrogens with zero attached hydrogens (tertiary/aromatic N) is 1. The summed E-state index contributed by atoms with van der Waals surface area (Å²) in [6.45, 7) is 1.94. The zero-order valence-electron chi connectivity index (χ0n) is 13.0. The molecule has 0 atom stereocenters. The Kier molecular flexibility index (Phi) is 4.92. The molecule has 24 heavy (non-hydrogen) atoms. The van der Waals surface area contributed by atoms with Crippen LogP contribution in [0.3, 0.4) is 0 Å². The first-order chi connectivity index (χ1) is 11.6. The minimum atomic E-state index is -0.418. The van der Waals surface area contributed by atoms with E-state index >= 15 is 0 Å². The highest BCUT2D eigenvalue weighted by Gasteiger charge is 2.05. The molecule has 0 saturated heterocycles. The van der Waals surface area contributed by atoms with Gasteiger partial charge in [-0.05, 0) is 60.5 Å². The van der Waals surface area contributed by atoms with Gasteiger partial charge in [0.05, 0.1) is 5.69 Å². The highest BCUT2D eigenvalue weighted by atomic mass is 35.5. The maximum Gasteiger partial charge on any atom is 0.165 e. The van der Waals surface area contributed by atoms with Gasteiger partial charge in [-0.15, -0.1) is 0 Å². The summed E-state index contributed by atoms with van der Waals surface area (Å²) in [6.07, 6.45) is 1.67. The average molecular weight is 340 g/mol. The Morgan fingerprint density at radius 3 is 2.54 bits per heavy atom. The van der Waals surface area contributed by atoms with Crippen molar-refractivity contribution in [3.8, 4) is 11.5 Å². The van der Waals surface area contributed by atoms with E-state index in [2.05, 4.69) is 4.99 Å². The van der Waals surface area contributed by atoms with Crippen molar-refractivity contribution in [2.24, 2.45) is 4.99 Å². The molecule has 4 heteroatoms. The van der Waals surface area contributed by atoms with Crippen molar-refractivity contribution < 1.29 is 9.13 Å². The largest absolute Gasteiger partial charge is 0.454 e. The van der Waals surface area contributed by atoms with Crippen LogP contribution in [0.4, 0.5) is 10.1 Å². The lowest BCUT2D eigenvalue weighted by molar-refractivity contribution is 0.442. The van der Waals surface area contributed by atoms with Gasteiger partial charge in [0, 0.05) is 11.2 Å². The molecule has 0 radical (unpaired) electrons. The third-order valence-corrected chi connectivity index (χ3v) is 3.67. The lowest BCUT2D eigenvalue weighted by atomic mass is 10.2. The molecule has 0 heterocycles. The van der Waals surface area contributed by atoms with Crippen molar-refractivity contribution in [1.82, 2.24) is 0 Å². The van der Waals surface area contributed by atoms with E-state index in [4.69, 9.17) is 16.3 Å². The van der Waals surface area contributed by atoms with Crippen LogP contribution in [0.25, 0.3) is 0 Å². The Balaban J connectivity index is 1.84. The van der Waals surface area contributed by atoms with Gasteiger partial charge in [0.1, 0.15) is 5.75 Å². The third-order valence-electron chi connectivity index (χ3n) is 3.44. The van der Waals surface area contributed by atoms with Gasteiger partial charge in [-0.3, -0.25) is 4.99 Å². The average Bonchev–Trinajstić information content (AvgIpc) is 2.58. The lowest BCUT2D eigenvalue weighted by Crippen LogP contribution is -1.91. The smallest absolute Gasteiger partial charge is 0.165 e. The molecule has 0 saturated carbocycles. The fourth-order valence-electron chi connectivity index (χ4n) is 2.20. The second-order valence-electron chi connectivity index (χ2n) is 5.29. The number of para-hydroxylation sites is 1. The minimum Gasteiger partial charge on any atom is -0.454 e. The SMILES string of the molecule is Cc1cc(Cl)ccc1N=Cc1ccc(F)c(Oc2ccccc2)c1. The Labute approximate surface area is 145 Å². The predicted octanol–water partition coefficient (Wildman–Crippen LogP) is 6.33. The van der Waals surface area contributed by atoms with Crippen LogP contribution in [0, 0.1) is 12.7 Å². The van der Waals surface area contributed by atoms with Crippen molar-refractivity contribution in [2.75, 3.05) is 0 Å². The van der Waals surface area contributed by atoms with Gasteiger partial charge >= 0.3 is 0 Å². The maximum absolute atomic E-state index is 13.9. The summed E-state index contributed by atoms with van der Waals surface area (Å²) in [5.41, 5.74) is 2.53. The molecular weight excluding hydrogens is 325 g/mol. The van der Waals surface area contributed by atoms with E-state index in [-0.39, 0.29) is 5.75 Å². The summed E-state index contributed by atoms with van der Waals surface area (Å²) in [5, 5.41) is 0.673. The third kappa shape index (κ3) is 4.00. The molecule has 0 aromatic heterocycles. The van der Waals surface area contributed by atoms with Crippen molar-refractivity contribution in [3.63, 3.8) is 0 Å². The van der Waals surface area contributed by atoms with Crippen LogP contribution in [-0.4, -0.2) is 6.21 Å². The van der Waals surface area contributed by atoms with Crippen LogP contribution in [0.15, 0.2) is 71.7 Å². The summed E-state index contributed by atoms with van der Waals surface area (Å²) in [5.74, 6) is 0.329. The molecule has 2 nitrogen and oxygen atoms in total. The molecule has 0 unspecified atom stereocenters. The minimum absolute atomic E-state index is 0.165. The van der Waals surface area contributed by atoms with E-state index in [1.165, 1.54) is 6.07 Å². The number of rotatable bonds is 4. The van der Waals surface area contributed by atoms with Gasteiger partial charge in [0.15, 0.2) is 11.6 Å². The highest BCUT2D eigenvalue weighted by Crippen LogP contribution is 2.26. The van der Waals surface area contributed by atoms with Crippen LogP contribution in [0.1, 0.15) is 11.1 Å². The number of aliphatic imine (C=N–C) groups is 1. The molecule has 0 bridgehead atoms. The number of benzene rings is 3. The van der Waals surface area contributed by atoms with E-state index in [9.17, 15) is 4.39 Å². The molecule has 0 aliphatic carbocycles. The number of hydrogen-bond acceptors (Lipinski definition) is 2. The predicted molar refractivity (Wildman–Crippen MR) is 96.4 cm³/mol. The molecule has 0 fully saturated rings. The second-order valence-corrected chi connectivity index (χ2v) is 5.73. The summed E-state index contributed by atoms with van der Waals surface area (Å²) in [6, 6.07) is 19.2. The fraction of sp³-hybridized carbons (Fsp3) is 0.0500. The first-order valence-corrected chi connectivity index (χ1v) is 7.82. The van der Waals surface area contributed by atoms with Gasteiger partial charge in [0.2, 0.25) is 0 Å². The van der Waals surface area contributed by atoms with Crippen molar-refractivity contribution in [3.05, 3.63) is 88.7 Å². The molecule has 120 valence electrons. The van der Waals surface area contributed by atoms with Gasteiger partial charge in [0.25, 0.3) is 0 Å². The van der Waals surface area contributed by atoms with E-state index in [1.807, 2.05) is 37.3 Å². The first-order valence-electron chi connectivity index (χ1n) is 7.44. The Morgan fingerprint density at radius 2 is 1.79 bits per heavy atom. The van der Waals surface area contributed by atoms with Crippen LogP contribution < -0.4 is 4.74 Å². The van der Waals surface area contributed by atoms with Crippen LogP contribution in [0.5, 0.6) is 11.5 Å². The lowest BCUT2D eigenvalue weighted by Gasteiger charge is -2.07. The van der Waals surface area contributed by atoms with Crippen molar-refractivity contribution in [1.29, 1.82) is 0 Å². The van der Waals surface area contributed by atoms with Gasteiger partial charge in [-0.2, -0.15) is 0 Å². The number of halogens is 2. The summed E-state index contributed by atoms with van der Waals surface area (Å²) in [4.78, 5) is 4.43. The number of ether oxygens (including phenoxy) is 1. The van der Waals surface area contributed by atoms with Crippen LogP contribution in [0.2, 0.25) is 5.02 Å². The Hall–Kier alpha value is -2.65. The molecule has 0 spiro atoms.